The number of carbonyl (C=O) groups excluding carboxylic acids is 1. The number of aromatic nitrogens is 3. The van der Waals surface area contributed by atoms with Crippen molar-refractivity contribution in [1.82, 2.24) is 19.5 Å². The molecule has 0 aliphatic carbocycles. The maximum absolute atomic E-state index is 12.6. The second-order valence-electron chi connectivity index (χ2n) is 5.48. The molecule has 6 nitrogen and oxygen atoms in total. The van der Waals surface area contributed by atoms with Gasteiger partial charge in [0.05, 0.1) is 23.5 Å². The average molecular weight is 273 g/mol. The molecule has 3 rings (SSSR count). The van der Waals surface area contributed by atoms with Crippen molar-refractivity contribution in [1.29, 1.82) is 0 Å². The van der Waals surface area contributed by atoms with Crippen molar-refractivity contribution in [3.05, 3.63) is 30.4 Å². The quantitative estimate of drug-likeness (QED) is 0.883. The van der Waals surface area contributed by atoms with E-state index in [9.17, 15) is 4.79 Å². The van der Waals surface area contributed by atoms with E-state index in [4.69, 9.17) is 5.73 Å². The molecule has 3 heterocycles. The van der Waals surface area contributed by atoms with Crippen molar-refractivity contribution < 1.29 is 4.79 Å². The minimum absolute atomic E-state index is 0.0263. The first-order valence-corrected chi connectivity index (χ1v) is 6.99. The molecule has 6 heteroatoms. The van der Waals surface area contributed by atoms with Gasteiger partial charge in [-0.25, -0.2) is 4.52 Å². The molecule has 0 saturated carbocycles. The van der Waals surface area contributed by atoms with Crippen molar-refractivity contribution in [2.75, 3.05) is 13.1 Å². The van der Waals surface area contributed by atoms with Gasteiger partial charge in [-0.05, 0) is 25.7 Å². The number of nitrogens with zero attached hydrogens (tertiary/aromatic N) is 4. The first kappa shape index (κ1) is 13.1. The van der Waals surface area contributed by atoms with Crippen LogP contribution in [0.5, 0.6) is 0 Å². The molecule has 1 aliphatic heterocycles. The Morgan fingerprint density at radius 3 is 3.15 bits per heavy atom. The van der Waals surface area contributed by atoms with Crippen LogP contribution in [0.2, 0.25) is 0 Å². The Hall–Kier alpha value is -1.95. The SMILES string of the molecule is CC(N)C1CCCN(C(=O)c2cnn3ccncc23)C1. The van der Waals surface area contributed by atoms with Gasteiger partial charge >= 0.3 is 0 Å². The molecule has 0 bridgehead atoms. The second kappa shape index (κ2) is 5.20. The van der Waals surface area contributed by atoms with E-state index in [1.54, 1.807) is 29.3 Å². The highest BCUT2D eigenvalue weighted by atomic mass is 16.2. The summed E-state index contributed by atoms with van der Waals surface area (Å²) in [5.74, 6) is 0.408. The van der Waals surface area contributed by atoms with E-state index in [-0.39, 0.29) is 11.9 Å². The van der Waals surface area contributed by atoms with Crippen LogP contribution in [0.25, 0.3) is 5.52 Å². The monoisotopic (exact) mass is 273 g/mol. The summed E-state index contributed by atoms with van der Waals surface area (Å²) in [6, 6.07) is 0.121. The standard InChI is InChI=1S/C14H19N5O/c1-10(15)11-3-2-5-18(9-11)14(20)12-7-17-19-6-4-16-8-13(12)19/h4,6-8,10-11H,2-3,5,9,15H2,1H3. The van der Waals surface area contributed by atoms with Crippen molar-refractivity contribution >= 4 is 11.4 Å². The van der Waals surface area contributed by atoms with Gasteiger partial charge in [-0.3, -0.25) is 9.78 Å². The smallest absolute Gasteiger partial charge is 0.257 e. The van der Waals surface area contributed by atoms with E-state index in [1.807, 2.05) is 11.8 Å². The summed E-state index contributed by atoms with van der Waals surface area (Å²) in [4.78, 5) is 18.6. The van der Waals surface area contributed by atoms with Crippen LogP contribution < -0.4 is 5.73 Å². The Morgan fingerprint density at radius 2 is 2.35 bits per heavy atom. The number of piperidine rings is 1. The summed E-state index contributed by atoms with van der Waals surface area (Å²) >= 11 is 0. The van der Waals surface area contributed by atoms with Gasteiger partial charge in [0.15, 0.2) is 0 Å². The molecule has 2 unspecified atom stereocenters. The summed E-state index contributed by atoms with van der Waals surface area (Å²) in [6.45, 7) is 3.53. The Labute approximate surface area is 117 Å². The van der Waals surface area contributed by atoms with Gasteiger partial charge < -0.3 is 10.6 Å². The fraction of sp³-hybridized carbons (Fsp3) is 0.500. The molecule has 1 saturated heterocycles. The van der Waals surface area contributed by atoms with E-state index in [2.05, 4.69) is 10.1 Å². The Balaban J connectivity index is 1.85. The van der Waals surface area contributed by atoms with Crippen molar-refractivity contribution in [3.8, 4) is 0 Å². The van der Waals surface area contributed by atoms with Crippen LogP contribution in [-0.2, 0) is 0 Å². The Bertz CT molecular complexity index is 621. The van der Waals surface area contributed by atoms with E-state index in [1.165, 1.54) is 0 Å². The highest BCUT2D eigenvalue weighted by Gasteiger charge is 2.27. The number of fused-ring (bicyclic) bond motifs is 1. The third-order valence-electron chi connectivity index (χ3n) is 4.04. The fourth-order valence-corrected chi connectivity index (χ4v) is 2.79. The summed E-state index contributed by atoms with van der Waals surface area (Å²) < 4.78 is 1.67. The highest BCUT2D eigenvalue weighted by molar-refractivity contribution is 6.00. The highest BCUT2D eigenvalue weighted by Crippen LogP contribution is 2.21. The molecule has 2 aromatic rings. The lowest BCUT2D eigenvalue weighted by Gasteiger charge is -2.34. The molecular weight excluding hydrogens is 254 g/mol. The summed E-state index contributed by atoms with van der Waals surface area (Å²) in [5.41, 5.74) is 7.34. The summed E-state index contributed by atoms with van der Waals surface area (Å²) in [6.07, 6.45) is 8.80. The van der Waals surface area contributed by atoms with Gasteiger partial charge in [-0.1, -0.05) is 0 Å². The maximum atomic E-state index is 12.6. The van der Waals surface area contributed by atoms with Gasteiger partial charge in [0.1, 0.15) is 0 Å². The van der Waals surface area contributed by atoms with Gasteiger partial charge in [0.2, 0.25) is 0 Å². The third kappa shape index (κ3) is 2.27. The molecule has 1 amide bonds. The van der Waals surface area contributed by atoms with Crippen LogP contribution in [0.15, 0.2) is 24.8 Å². The Morgan fingerprint density at radius 1 is 1.50 bits per heavy atom. The first-order chi connectivity index (χ1) is 9.66. The van der Waals surface area contributed by atoms with Gasteiger partial charge in [0, 0.05) is 31.5 Å². The molecule has 2 atom stereocenters. The topological polar surface area (TPSA) is 76.5 Å². The largest absolute Gasteiger partial charge is 0.338 e. The number of rotatable bonds is 2. The molecule has 20 heavy (non-hydrogen) atoms. The number of nitrogens with two attached hydrogens (primary N) is 1. The van der Waals surface area contributed by atoms with Gasteiger partial charge in [-0.15, -0.1) is 0 Å². The summed E-state index contributed by atoms with van der Waals surface area (Å²) in [7, 11) is 0. The number of hydrogen-bond donors (Lipinski definition) is 1. The molecule has 2 aromatic heterocycles. The van der Waals surface area contributed by atoms with Crippen LogP contribution in [0.4, 0.5) is 0 Å². The summed E-state index contributed by atoms with van der Waals surface area (Å²) in [5, 5.41) is 4.19. The lowest BCUT2D eigenvalue weighted by molar-refractivity contribution is 0.0663. The molecule has 1 fully saturated rings. The van der Waals surface area contributed by atoms with E-state index >= 15 is 0 Å². The molecule has 0 aromatic carbocycles. The molecule has 0 radical (unpaired) electrons. The van der Waals surface area contributed by atoms with Crippen LogP contribution in [0.3, 0.4) is 0 Å². The Kier molecular flexibility index (Phi) is 3.40. The number of carbonyl (C=O) groups is 1. The number of hydrogen-bond acceptors (Lipinski definition) is 4. The van der Waals surface area contributed by atoms with E-state index in [0.717, 1.165) is 31.4 Å². The predicted octanol–water partition coefficient (Wildman–Crippen LogP) is 0.929. The van der Waals surface area contributed by atoms with E-state index in [0.29, 0.717) is 11.5 Å². The fourth-order valence-electron chi connectivity index (χ4n) is 2.79. The first-order valence-electron chi connectivity index (χ1n) is 6.99. The normalized spacial score (nSPS) is 21.1. The molecule has 1 aliphatic rings. The minimum Gasteiger partial charge on any atom is -0.338 e. The van der Waals surface area contributed by atoms with Crippen molar-refractivity contribution in [3.63, 3.8) is 0 Å². The van der Waals surface area contributed by atoms with Gasteiger partial charge in [-0.2, -0.15) is 5.10 Å². The van der Waals surface area contributed by atoms with Crippen LogP contribution >= 0.6 is 0 Å². The zero-order valence-corrected chi connectivity index (χ0v) is 11.6. The van der Waals surface area contributed by atoms with Crippen LogP contribution in [0, 0.1) is 5.92 Å². The predicted molar refractivity (Wildman–Crippen MR) is 75.3 cm³/mol. The third-order valence-corrected chi connectivity index (χ3v) is 4.04. The van der Waals surface area contributed by atoms with E-state index < -0.39 is 0 Å². The minimum atomic E-state index is 0.0263. The lowest BCUT2D eigenvalue weighted by atomic mass is 9.92. The van der Waals surface area contributed by atoms with Crippen LogP contribution in [-0.4, -0.2) is 44.5 Å². The van der Waals surface area contributed by atoms with Crippen molar-refractivity contribution in [2.24, 2.45) is 11.7 Å². The second-order valence-corrected chi connectivity index (χ2v) is 5.48. The molecule has 0 spiro atoms. The molecule has 106 valence electrons. The zero-order valence-electron chi connectivity index (χ0n) is 11.6. The molecule has 2 N–H and O–H groups in total. The van der Waals surface area contributed by atoms with Crippen LogP contribution in [0.1, 0.15) is 30.1 Å². The zero-order chi connectivity index (χ0) is 14.1. The number of likely N-dealkylation sites (tertiary alicyclic amines) is 1. The average Bonchev–Trinajstić information content (AvgIpc) is 2.90. The van der Waals surface area contributed by atoms with Gasteiger partial charge in [0.25, 0.3) is 5.91 Å². The van der Waals surface area contributed by atoms with Crippen molar-refractivity contribution in [2.45, 2.75) is 25.8 Å². The maximum Gasteiger partial charge on any atom is 0.257 e. The molecular formula is C14H19N5O. The lowest BCUT2D eigenvalue weighted by Crippen LogP contribution is -2.45. The number of amides is 1.